The van der Waals surface area contributed by atoms with Crippen LogP contribution in [0.5, 0.6) is 0 Å². The van der Waals surface area contributed by atoms with Gasteiger partial charge in [-0.1, -0.05) is 60.7 Å². The van der Waals surface area contributed by atoms with Crippen molar-refractivity contribution < 1.29 is 4.42 Å². The Balaban J connectivity index is 1.95. The summed E-state index contributed by atoms with van der Waals surface area (Å²) in [6, 6.07) is 22.5. The maximum atomic E-state index is 6.06. The summed E-state index contributed by atoms with van der Waals surface area (Å²) in [5.74, 6) is 0.733. The highest BCUT2D eigenvalue weighted by atomic mass is 16.3. The second kappa shape index (κ2) is 4.90. The number of fused-ring (bicyclic) bond motifs is 5. The SMILES string of the molecule is Cc1nc(-c2ccccc2)nc2c1oc1ccc3ccccc3c12. The van der Waals surface area contributed by atoms with E-state index in [1.807, 2.05) is 55.5 Å². The van der Waals surface area contributed by atoms with Crippen LogP contribution >= 0.6 is 0 Å². The van der Waals surface area contributed by atoms with E-state index in [-0.39, 0.29) is 0 Å². The second-order valence-corrected chi connectivity index (χ2v) is 5.94. The predicted octanol–water partition coefficient (Wildman–Crippen LogP) is 5.50. The molecule has 2 aromatic heterocycles. The average molecular weight is 310 g/mol. The normalized spacial score (nSPS) is 11.5. The van der Waals surface area contributed by atoms with Gasteiger partial charge < -0.3 is 4.42 Å². The Bertz CT molecular complexity index is 1210. The summed E-state index contributed by atoms with van der Waals surface area (Å²) in [6.45, 7) is 1.97. The minimum atomic E-state index is 0.733. The summed E-state index contributed by atoms with van der Waals surface area (Å²) in [5.41, 5.74) is 4.37. The maximum Gasteiger partial charge on any atom is 0.175 e. The van der Waals surface area contributed by atoms with E-state index >= 15 is 0 Å². The van der Waals surface area contributed by atoms with Crippen molar-refractivity contribution in [2.24, 2.45) is 0 Å². The van der Waals surface area contributed by atoms with Crippen molar-refractivity contribution in [2.45, 2.75) is 6.92 Å². The molecule has 0 spiro atoms. The maximum absolute atomic E-state index is 6.06. The summed E-state index contributed by atoms with van der Waals surface area (Å²) in [7, 11) is 0. The van der Waals surface area contributed by atoms with Crippen LogP contribution in [0.25, 0.3) is 44.2 Å². The molecule has 24 heavy (non-hydrogen) atoms. The van der Waals surface area contributed by atoms with E-state index in [9.17, 15) is 0 Å². The Morgan fingerprint density at radius 1 is 0.792 bits per heavy atom. The van der Waals surface area contributed by atoms with Crippen LogP contribution in [-0.2, 0) is 0 Å². The molecule has 0 aliphatic heterocycles. The Morgan fingerprint density at radius 3 is 2.46 bits per heavy atom. The van der Waals surface area contributed by atoms with Crippen molar-refractivity contribution in [1.82, 2.24) is 9.97 Å². The summed E-state index contributed by atoms with van der Waals surface area (Å²) in [4.78, 5) is 9.48. The highest BCUT2D eigenvalue weighted by Crippen LogP contribution is 2.35. The minimum absolute atomic E-state index is 0.733. The zero-order valence-corrected chi connectivity index (χ0v) is 13.2. The van der Waals surface area contributed by atoms with Crippen molar-refractivity contribution >= 4 is 32.8 Å². The third-order valence-electron chi connectivity index (χ3n) is 4.41. The second-order valence-electron chi connectivity index (χ2n) is 5.94. The number of furan rings is 1. The first-order valence-electron chi connectivity index (χ1n) is 7.95. The van der Waals surface area contributed by atoms with E-state index < -0.39 is 0 Å². The van der Waals surface area contributed by atoms with Crippen molar-refractivity contribution in [3.63, 3.8) is 0 Å². The third-order valence-corrected chi connectivity index (χ3v) is 4.41. The summed E-state index contributed by atoms with van der Waals surface area (Å²) < 4.78 is 6.06. The summed E-state index contributed by atoms with van der Waals surface area (Å²) >= 11 is 0. The lowest BCUT2D eigenvalue weighted by Gasteiger charge is -2.02. The molecule has 0 aliphatic rings. The van der Waals surface area contributed by atoms with Gasteiger partial charge >= 0.3 is 0 Å². The summed E-state index contributed by atoms with van der Waals surface area (Å²) in [5, 5.41) is 3.40. The molecule has 114 valence electrons. The third kappa shape index (κ3) is 1.85. The Kier molecular flexibility index (Phi) is 2.71. The van der Waals surface area contributed by atoms with Gasteiger partial charge in [0.15, 0.2) is 11.4 Å². The molecule has 0 bridgehead atoms. The smallest absolute Gasteiger partial charge is 0.175 e. The zero-order valence-electron chi connectivity index (χ0n) is 13.2. The van der Waals surface area contributed by atoms with E-state index in [1.54, 1.807) is 0 Å². The van der Waals surface area contributed by atoms with E-state index in [4.69, 9.17) is 9.40 Å². The highest BCUT2D eigenvalue weighted by molar-refractivity contribution is 6.17. The van der Waals surface area contributed by atoms with Crippen LogP contribution < -0.4 is 0 Å². The lowest BCUT2D eigenvalue weighted by atomic mass is 10.1. The molecule has 2 heterocycles. The van der Waals surface area contributed by atoms with E-state index in [1.165, 1.54) is 5.39 Å². The average Bonchev–Trinajstić information content (AvgIpc) is 3.02. The van der Waals surface area contributed by atoms with Gasteiger partial charge in [0.05, 0.1) is 11.1 Å². The van der Waals surface area contributed by atoms with Gasteiger partial charge in [-0.05, 0) is 23.8 Å². The van der Waals surface area contributed by atoms with Gasteiger partial charge in [-0.25, -0.2) is 9.97 Å². The van der Waals surface area contributed by atoms with Crippen molar-refractivity contribution in [1.29, 1.82) is 0 Å². The number of aryl methyl sites for hydroxylation is 1. The fourth-order valence-electron chi connectivity index (χ4n) is 3.26. The number of benzene rings is 3. The van der Waals surface area contributed by atoms with Gasteiger partial charge in [-0.15, -0.1) is 0 Å². The Morgan fingerprint density at radius 2 is 1.58 bits per heavy atom. The first-order chi connectivity index (χ1) is 11.8. The molecule has 5 aromatic rings. The molecule has 0 amide bonds. The Labute approximate surface area is 138 Å². The molecule has 0 aliphatic carbocycles. The molecule has 0 atom stereocenters. The molecule has 0 radical (unpaired) electrons. The van der Waals surface area contributed by atoms with Crippen molar-refractivity contribution in [3.8, 4) is 11.4 Å². The quantitative estimate of drug-likeness (QED) is 0.410. The molecule has 0 unspecified atom stereocenters. The fourth-order valence-corrected chi connectivity index (χ4v) is 3.26. The highest BCUT2D eigenvalue weighted by Gasteiger charge is 2.16. The van der Waals surface area contributed by atoms with Gasteiger partial charge in [0.2, 0.25) is 0 Å². The van der Waals surface area contributed by atoms with Crippen molar-refractivity contribution in [3.05, 3.63) is 72.4 Å². The molecular weight excluding hydrogens is 296 g/mol. The monoisotopic (exact) mass is 310 g/mol. The molecule has 0 saturated heterocycles. The molecule has 0 N–H and O–H groups in total. The number of aromatic nitrogens is 2. The van der Waals surface area contributed by atoms with Crippen LogP contribution in [0.4, 0.5) is 0 Å². The molecule has 3 nitrogen and oxygen atoms in total. The van der Waals surface area contributed by atoms with Crippen molar-refractivity contribution in [2.75, 3.05) is 0 Å². The van der Waals surface area contributed by atoms with Gasteiger partial charge in [-0.2, -0.15) is 0 Å². The van der Waals surface area contributed by atoms with Crippen LogP contribution in [-0.4, -0.2) is 9.97 Å². The van der Waals surface area contributed by atoms with Crippen LogP contribution in [0.3, 0.4) is 0 Å². The van der Waals surface area contributed by atoms with Gasteiger partial charge in [-0.3, -0.25) is 0 Å². The Hall–Kier alpha value is -3.20. The predicted molar refractivity (Wildman–Crippen MR) is 97.0 cm³/mol. The van der Waals surface area contributed by atoms with E-state index in [0.717, 1.165) is 44.5 Å². The number of hydrogen-bond donors (Lipinski definition) is 0. The lowest BCUT2D eigenvalue weighted by molar-refractivity contribution is 0.662. The molecule has 5 rings (SSSR count). The lowest BCUT2D eigenvalue weighted by Crippen LogP contribution is -1.92. The zero-order chi connectivity index (χ0) is 16.1. The van der Waals surface area contributed by atoms with Gasteiger partial charge in [0.1, 0.15) is 11.1 Å². The topological polar surface area (TPSA) is 38.9 Å². The van der Waals surface area contributed by atoms with Gasteiger partial charge in [0.25, 0.3) is 0 Å². The molecule has 3 heteroatoms. The van der Waals surface area contributed by atoms with Crippen LogP contribution in [0.1, 0.15) is 5.69 Å². The van der Waals surface area contributed by atoms with Crippen LogP contribution in [0.15, 0.2) is 71.1 Å². The van der Waals surface area contributed by atoms with Crippen LogP contribution in [0.2, 0.25) is 0 Å². The van der Waals surface area contributed by atoms with E-state index in [2.05, 4.69) is 23.2 Å². The molecule has 0 saturated carbocycles. The summed E-state index contributed by atoms with van der Waals surface area (Å²) in [6.07, 6.45) is 0. The first-order valence-corrected chi connectivity index (χ1v) is 7.95. The molecule has 3 aromatic carbocycles. The van der Waals surface area contributed by atoms with E-state index in [0.29, 0.717) is 0 Å². The van der Waals surface area contributed by atoms with Gasteiger partial charge in [0, 0.05) is 5.56 Å². The number of hydrogen-bond acceptors (Lipinski definition) is 3. The number of rotatable bonds is 1. The van der Waals surface area contributed by atoms with Crippen LogP contribution in [0, 0.1) is 6.92 Å². The molecular formula is C21H14N2O. The number of nitrogens with zero attached hydrogens (tertiary/aromatic N) is 2. The largest absolute Gasteiger partial charge is 0.452 e. The minimum Gasteiger partial charge on any atom is -0.452 e. The standard InChI is InChI=1S/C21H14N2O/c1-13-20-19(23-21(22-13)15-8-3-2-4-9-15)18-16-10-6-5-7-14(16)11-12-17(18)24-20/h2-12H,1H3. The molecule has 0 fully saturated rings. The first kappa shape index (κ1) is 13.3. The fraction of sp³-hybridized carbons (Fsp3) is 0.0476.